The van der Waals surface area contributed by atoms with Crippen molar-refractivity contribution in [2.24, 2.45) is 11.6 Å². The molecule has 3 aromatic rings. The van der Waals surface area contributed by atoms with Crippen LogP contribution in [-0.2, 0) is 0 Å². The first-order valence-electron chi connectivity index (χ1n) is 10.8. The number of nitrogens with zero attached hydrogens (tertiary/aromatic N) is 4. The Balaban J connectivity index is 0.00000385. The van der Waals surface area contributed by atoms with Crippen LogP contribution in [0, 0.1) is 5.41 Å². The van der Waals surface area contributed by atoms with Crippen LogP contribution in [0.4, 0.5) is 0 Å². The molecule has 0 amide bonds. The molecule has 0 aliphatic carbocycles. The van der Waals surface area contributed by atoms with Crippen molar-refractivity contribution < 1.29 is 4.74 Å². The quantitative estimate of drug-likeness (QED) is 0.106. The van der Waals surface area contributed by atoms with E-state index in [4.69, 9.17) is 31.7 Å². The van der Waals surface area contributed by atoms with Gasteiger partial charge in [0.2, 0.25) is 5.96 Å². The van der Waals surface area contributed by atoms with Crippen molar-refractivity contribution in [1.82, 2.24) is 20.0 Å². The maximum Gasteiger partial charge on any atom is 0.202 e. The van der Waals surface area contributed by atoms with Gasteiger partial charge in [-0.05, 0) is 61.2 Å². The summed E-state index contributed by atoms with van der Waals surface area (Å²) >= 11 is 0. The number of nitrogens with one attached hydrogen (secondary N) is 1. The molecular formula is C24H34Cl3N7O. The Morgan fingerprint density at radius 2 is 1.86 bits per heavy atom. The second-order valence-corrected chi connectivity index (χ2v) is 7.77. The van der Waals surface area contributed by atoms with Crippen molar-refractivity contribution >= 4 is 66.2 Å². The van der Waals surface area contributed by atoms with Crippen LogP contribution < -0.4 is 16.3 Å². The van der Waals surface area contributed by atoms with Gasteiger partial charge in [0.15, 0.2) is 5.82 Å². The number of hydrogen-bond donors (Lipinski definition) is 3. The van der Waals surface area contributed by atoms with E-state index in [0.717, 1.165) is 53.7 Å². The van der Waals surface area contributed by atoms with Crippen LogP contribution in [-0.4, -0.2) is 39.6 Å². The first-order chi connectivity index (χ1) is 15.5. The lowest BCUT2D eigenvalue weighted by Crippen LogP contribution is -2.42. The minimum Gasteiger partial charge on any atom is -0.497 e. The summed E-state index contributed by atoms with van der Waals surface area (Å²) in [7, 11) is 1.66. The largest absolute Gasteiger partial charge is 0.497 e. The first-order valence-corrected chi connectivity index (χ1v) is 10.8. The average Bonchev–Trinajstić information content (AvgIpc) is 2.81. The van der Waals surface area contributed by atoms with Gasteiger partial charge in [-0.1, -0.05) is 25.8 Å². The van der Waals surface area contributed by atoms with Crippen molar-refractivity contribution in [1.29, 1.82) is 5.41 Å². The number of rotatable bonds is 10. The molecule has 2 heterocycles. The molecule has 0 radical (unpaired) electrons. The zero-order valence-corrected chi connectivity index (χ0v) is 22.3. The van der Waals surface area contributed by atoms with E-state index in [1.807, 2.05) is 48.6 Å². The van der Waals surface area contributed by atoms with Gasteiger partial charge in [0.1, 0.15) is 5.75 Å². The molecule has 0 fully saturated rings. The second kappa shape index (κ2) is 16.1. The third kappa shape index (κ3) is 9.49. The zero-order valence-electron chi connectivity index (χ0n) is 19.9. The van der Waals surface area contributed by atoms with Crippen molar-refractivity contribution in [3.05, 3.63) is 59.8 Å². The van der Waals surface area contributed by atoms with Gasteiger partial charge in [-0.3, -0.25) is 15.4 Å². The highest BCUT2D eigenvalue weighted by molar-refractivity contribution is 5.86. The Morgan fingerprint density at radius 1 is 1.09 bits per heavy atom. The van der Waals surface area contributed by atoms with E-state index in [1.165, 1.54) is 5.01 Å². The predicted molar refractivity (Wildman–Crippen MR) is 151 cm³/mol. The SMILES string of the molecule is COc1ccc2nc(C=Cc3ccccn3)nc(C(C)CCCCCN(N)C(=N)N)c2c1.Cl.Cl.Cl. The molecule has 1 aromatic carbocycles. The van der Waals surface area contributed by atoms with Gasteiger partial charge in [0.05, 0.1) is 24.0 Å². The van der Waals surface area contributed by atoms with Gasteiger partial charge in [-0.2, -0.15) is 0 Å². The molecule has 0 saturated carbocycles. The van der Waals surface area contributed by atoms with Gasteiger partial charge in [0.25, 0.3) is 0 Å². The summed E-state index contributed by atoms with van der Waals surface area (Å²) in [6.45, 7) is 2.78. The number of aromatic nitrogens is 3. The van der Waals surface area contributed by atoms with E-state index >= 15 is 0 Å². The Kier molecular flexibility index (Phi) is 14.9. The van der Waals surface area contributed by atoms with Crippen LogP contribution in [0.15, 0.2) is 42.6 Å². The second-order valence-electron chi connectivity index (χ2n) is 7.77. The van der Waals surface area contributed by atoms with Crippen molar-refractivity contribution in [2.75, 3.05) is 13.7 Å². The molecule has 0 aliphatic heterocycles. The van der Waals surface area contributed by atoms with Gasteiger partial charge in [-0.15, -0.1) is 37.2 Å². The fraction of sp³-hybridized carbons (Fsp3) is 0.333. The average molecular weight is 543 g/mol. The summed E-state index contributed by atoms with van der Waals surface area (Å²) in [5.41, 5.74) is 8.14. The fourth-order valence-corrected chi connectivity index (χ4v) is 3.53. The molecular weight excluding hydrogens is 509 g/mol. The molecule has 0 bridgehead atoms. The topological polar surface area (TPSA) is 127 Å². The number of ether oxygens (including phenoxy) is 1. The van der Waals surface area contributed by atoms with Crippen LogP contribution in [0.1, 0.15) is 55.7 Å². The van der Waals surface area contributed by atoms with Crippen LogP contribution in [0.3, 0.4) is 0 Å². The van der Waals surface area contributed by atoms with E-state index in [1.54, 1.807) is 13.3 Å². The standard InChI is InChI=1S/C24H31N7O.3ClH/c1-17(8-4-3-7-15-31(27)24(25)26)23-20-16-19(32-2)11-12-21(20)29-22(30-23)13-10-18-9-5-6-14-28-18;;;/h5-6,9-14,16-17H,3-4,7-8,15,27H2,1-2H3,(H3,25,26);3*1H. The molecule has 2 aromatic heterocycles. The maximum atomic E-state index is 7.33. The number of methoxy groups -OCH3 is 1. The lowest BCUT2D eigenvalue weighted by molar-refractivity contribution is 0.408. The van der Waals surface area contributed by atoms with E-state index in [2.05, 4.69) is 11.9 Å². The Morgan fingerprint density at radius 3 is 2.51 bits per heavy atom. The first kappa shape index (κ1) is 32.4. The van der Waals surface area contributed by atoms with Crippen molar-refractivity contribution in [3.8, 4) is 5.75 Å². The Hall–Kier alpha value is -2.65. The summed E-state index contributed by atoms with van der Waals surface area (Å²) in [6, 6.07) is 11.7. The smallest absolute Gasteiger partial charge is 0.202 e. The van der Waals surface area contributed by atoms with Crippen LogP contribution >= 0.6 is 37.2 Å². The highest BCUT2D eigenvalue weighted by Crippen LogP contribution is 2.30. The highest BCUT2D eigenvalue weighted by Gasteiger charge is 2.14. The van der Waals surface area contributed by atoms with E-state index in [9.17, 15) is 0 Å². The fourth-order valence-electron chi connectivity index (χ4n) is 3.53. The predicted octanol–water partition coefficient (Wildman–Crippen LogP) is 5.20. The summed E-state index contributed by atoms with van der Waals surface area (Å²) in [5, 5.41) is 9.61. The zero-order chi connectivity index (χ0) is 22.9. The maximum absolute atomic E-state index is 7.33. The van der Waals surface area contributed by atoms with E-state index < -0.39 is 0 Å². The Bertz CT molecular complexity index is 1080. The lowest BCUT2D eigenvalue weighted by atomic mass is 9.96. The number of hydrogen-bond acceptors (Lipinski definition) is 6. The number of unbranched alkanes of at least 4 members (excludes halogenated alkanes) is 2. The third-order valence-electron chi connectivity index (χ3n) is 5.35. The van der Waals surface area contributed by atoms with Crippen molar-refractivity contribution in [3.63, 3.8) is 0 Å². The molecule has 3 rings (SSSR count). The minimum absolute atomic E-state index is 0. The van der Waals surface area contributed by atoms with Crippen LogP contribution in [0.25, 0.3) is 23.1 Å². The molecule has 0 aliphatic rings. The molecule has 35 heavy (non-hydrogen) atoms. The van der Waals surface area contributed by atoms with Crippen molar-refractivity contribution in [2.45, 2.75) is 38.5 Å². The minimum atomic E-state index is -0.106. The summed E-state index contributed by atoms with van der Waals surface area (Å²) in [5.74, 6) is 7.26. The number of benzene rings is 1. The normalized spacial score (nSPS) is 11.2. The van der Waals surface area contributed by atoms with Gasteiger partial charge >= 0.3 is 0 Å². The van der Waals surface area contributed by atoms with Gasteiger partial charge in [0, 0.05) is 18.1 Å². The molecule has 11 heteroatoms. The highest BCUT2D eigenvalue weighted by atomic mass is 35.5. The van der Waals surface area contributed by atoms with E-state index in [-0.39, 0.29) is 49.1 Å². The third-order valence-corrected chi connectivity index (χ3v) is 5.35. The van der Waals surface area contributed by atoms with Crippen LogP contribution in [0.5, 0.6) is 5.75 Å². The molecule has 1 unspecified atom stereocenters. The summed E-state index contributed by atoms with van der Waals surface area (Å²) in [4.78, 5) is 13.9. The number of nitrogens with two attached hydrogens (primary N) is 2. The molecule has 1 atom stereocenters. The number of pyridine rings is 1. The molecule has 192 valence electrons. The summed E-state index contributed by atoms with van der Waals surface area (Å²) in [6.07, 6.45) is 9.50. The number of halogens is 3. The Labute approximate surface area is 225 Å². The summed E-state index contributed by atoms with van der Waals surface area (Å²) < 4.78 is 5.43. The molecule has 8 nitrogen and oxygen atoms in total. The van der Waals surface area contributed by atoms with E-state index in [0.29, 0.717) is 12.4 Å². The number of hydrazine groups is 1. The number of guanidine groups is 1. The van der Waals surface area contributed by atoms with Gasteiger partial charge < -0.3 is 10.5 Å². The molecule has 5 N–H and O–H groups in total. The monoisotopic (exact) mass is 541 g/mol. The number of fused-ring (bicyclic) bond motifs is 1. The van der Waals surface area contributed by atoms with Gasteiger partial charge in [-0.25, -0.2) is 15.8 Å². The molecule has 0 spiro atoms. The molecule has 0 saturated heterocycles. The lowest BCUT2D eigenvalue weighted by Gasteiger charge is -2.17. The van der Waals surface area contributed by atoms with Crippen LogP contribution in [0.2, 0.25) is 0 Å².